The first-order valence-corrected chi connectivity index (χ1v) is 6.72. The minimum Gasteiger partial charge on any atom is -0.476 e. The van der Waals surface area contributed by atoms with Gasteiger partial charge in [-0.25, -0.2) is 9.78 Å². The fraction of sp³-hybridized carbons (Fsp3) is 0.417. The molecule has 2 aromatic heterocycles. The lowest BCUT2D eigenvalue weighted by Crippen LogP contribution is -2.18. The predicted octanol–water partition coefficient (Wildman–Crippen LogP) is 1.69. The molecule has 0 atom stereocenters. The van der Waals surface area contributed by atoms with Crippen molar-refractivity contribution in [2.45, 2.75) is 26.0 Å². The van der Waals surface area contributed by atoms with Gasteiger partial charge in [0.25, 0.3) is 6.01 Å². The van der Waals surface area contributed by atoms with Crippen LogP contribution in [0.15, 0.2) is 16.1 Å². The first-order chi connectivity index (χ1) is 9.27. The van der Waals surface area contributed by atoms with Gasteiger partial charge in [0.05, 0.1) is 12.2 Å². The van der Waals surface area contributed by atoms with Crippen molar-refractivity contribution in [3.63, 3.8) is 0 Å². The Morgan fingerprint density at radius 1 is 1.50 bits per heavy atom. The van der Waals surface area contributed by atoms with E-state index in [9.17, 15) is 9.90 Å². The molecule has 0 amide bonds. The molecule has 2 aromatic rings. The molecule has 0 unspecified atom stereocenters. The third kappa shape index (κ3) is 3.14. The molecule has 8 heteroatoms. The zero-order chi connectivity index (χ0) is 14.9. The number of aliphatic hydroxyl groups is 1. The second kappa shape index (κ2) is 5.22. The number of rotatable bonds is 5. The van der Waals surface area contributed by atoms with Gasteiger partial charge in [-0.1, -0.05) is 0 Å². The van der Waals surface area contributed by atoms with Crippen LogP contribution in [0.4, 0.5) is 6.01 Å². The van der Waals surface area contributed by atoms with E-state index in [1.54, 1.807) is 25.8 Å². The highest BCUT2D eigenvalue weighted by molar-refractivity contribution is 7.09. The lowest BCUT2D eigenvalue weighted by atomic mass is 10.1. The third-order valence-electron chi connectivity index (χ3n) is 2.51. The number of anilines is 1. The van der Waals surface area contributed by atoms with Crippen molar-refractivity contribution in [3.05, 3.63) is 28.0 Å². The maximum Gasteiger partial charge on any atom is 0.357 e. The Labute approximate surface area is 119 Å². The van der Waals surface area contributed by atoms with Crippen LogP contribution in [0.2, 0.25) is 0 Å². The van der Waals surface area contributed by atoms with Gasteiger partial charge in [-0.05, 0) is 13.8 Å². The number of carbonyl (C=O) groups is 1. The Bertz CT molecular complexity index is 614. The Hall–Kier alpha value is -1.93. The highest BCUT2D eigenvalue weighted by Crippen LogP contribution is 2.24. The van der Waals surface area contributed by atoms with E-state index in [-0.39, 0.29) is 11.7 Å². The predicted molar refractivity (Wildman–Crippen MR) is 72.9 cm³/mol. The number of nitrogens with zero attached hydrogens (tertiary/aromatic N) is 3. The summed E-state index contributed by atoms with van der Waals surface area (Å²) in [5, 5.41) is 21.1. The van der Waals surface area contributed by atoms with E-state index in [1.165, 1.54) is 11.3 Å². The minimum atomic E-state index is -1.13. The molecule has 0 radical (unpaired) electrons. The summed E-state index contributed by atoms with van der Waals surface area (Å²) in [6.45, 7) is 3.76. The number of carboxylic acids is 1. The van der Waals surface area contributed by atoms with Crippen molar-refractivity contribution in [2.75, 3.05) is 11.9 Å². The van der Waals surface area contributed by atoms with Crippen molar-refractivity contribution < 1.29 is 19.4 Å². The summed E-state index contributed by atoms with van der Waals surface area (Å²) >= 11 is 1.37. The van der Waals surface area contributed by atoms with Crippen molar-refractivity contribution >= 4 is 23.3 Å². The highest BCUT2D eigenvalue weighted by atomic mass is 32.1. The van der Waals surface area contributed by atoms with E-state index in [0.29, 0.717) is 11.6 Å². The van der Waals surface area contributed by atoms with E-state index in [4.69, 9.17) is 9.52 Å². The molecule has 0 bridgehead atoms. The monoisotopic (exact) mass is 297 g/mol. The second-order valence-corrected chi connectivity index (χ2v) is 5.74. The van der Waals surface area contributed by atoms with Crippen molar-refractivity contribution in [1.29, 1.82) is 0 Å². The molecule has 0 saturated carbocycles. The molecule has 0 fully saturated rings. The lowest BCUT2D eigenvalue weighted by Gasteiger charge is -2.14. The number of carboxylic acid groups (broad SMARTS) is 1. The number of thiazole rings is 1. The smallest absolute Gasteiger partial charge is 0.357 e. The Balaban J connectivity index is 2.09. The number of aromatic nitrogens is 2. The van der Waals surface area contributed by atoms with E-state index in [2.05, 4.69) is 9.97 Å². The van der Waals surface area contributed by atoms with Gasteiger partial charge < -0.3 is 19.5 Å². The van der Waals surface area contributed by atoms with Gasteiger partial charge in [-0.15, -0.1) is 11.3 Å². The van der Waals surface area contributed by atoms with Crippen molar-refractivity contribution in [3.8, 4) is 0 Å². The Morgan fingerprint density at radius 3 is 2.70 bits per heavy atom. The molecule has 0 spiro atoms. The fourth-order valence-corrected chi connectivity index (χ4v) is 2.34. The molecule has 20 heavy (non-hydrogen) atoms. The van der Waals surface area contributed by atoms with Crippen molar-refractivity contribution in [2.24, 2.45) is 0 Å². The first-order valence-electron chi connectivity index (χ1n) is 5.84. The van der Waals surface area contributed by atoms with Gasteiger partial charge in [0.1, 0.15) is 16.9 Å². The molecule has 2 heterocycles. The van der Waals surface area contributed by atoms with Crippen LogP contribution in [0.1, 0.15) is 35.0 Å². The standard InChI is InChI=1S/C12H15N3O4S/c1-12(2,18)10-13-7(6-20-10)4-15(3)11-14-8(5-19-11)9(16)17/h5-6,18H,4H2,1-3H3,(H,16,17). The molecule has 108 valence electrons. The molecule has 0 aromatic carbocycles. The topological polar surface area (TPSA) is 99.7 Å². The summed E-state index contributed by atoms with van der Waals surface area (Å²) in [6.07, 6.45) is 1.09. The maximum absolute atomic E-state index is 10.7. The molecule has 0 aliphatic carbocycles. The molecule has 0 aliphatic heterocycles. The largest absolute Gasteiger partial charge is 0.476 e. The second-order valence-electron chi connectivity index (χ2n) is 4.88. The van der Waals surface area contributed by atoms with Crippen LogP contribution < -0.4 is 4.90 Å². The zero-order valence-electron chi connectivity index (χ0n) is 11.3. The van der Waals surface area contributed by atoms with E-state index >= 15 is 0 Å². The lowest BCUT2D eigenvalue weighted by molar-refractivity contribution is 0.0690. The average molecular weight is 297 g/mol. The number of hydrogen-bond acceptors (Lipinski definition) is 7. The average Bonchev–Trinajstić information content (AvgIpc) is 2.95. The van der Waals surface area contributed by atoms with Crippen molar-refractivity contribution in [1.82, 2.24) is 9.97 Å². The Kier molecular flexibility index (Phi) is 3.78. The summed E-state index contributed by atoms with van der Waals surface area (Å²) in [6, 6.07) is 0.209. The summed E-state index contributed by atoms with van der Waals surface area (Å²) < 4.78 is 5.09. The van der Waals surface area contributed by atoms with Gasteiger partial charge in [0.15, 0.2) is 5.69 Å². The molecule has 0 aliphatic rings. The van der Waals surface area contributed by atoms with Gasteiger partial charge >= 0.3 is 5.97 Å². The van der Waals surface area contributed by atoms with E-state index < -0.39 is 11.6 Å². The quantitative estimate of drug-likeness (QED) is 0.866. The van der Waals surface area contributed by atoms with Crippen LogP contribution in [0.25, 0.3) is 0 Å². The van der Waals surface area contributed by atoms with Crippen LogP contribution in [0.3, 0.4) is 0 Å². The molecule has 0 saturated heterocycles. The van der Waals surface area contributed by atoms with Gasteiger partial charge in [0, 0.05) is 12.4 Å². The third-order valence-corrected chi connectivity index (χ3v) is 3.72. The molecule has 2 rings (SSSR count). The summed E-state index contributed by atoms with van der Waals surface area (Å²) in [4.78, 5) is 20.6. The fourth-order valence-electron chi connectivity index (χ4n) is 1.51. The maximum atomic E-state index is 10.7. The van der Waals surface area contributed by atoms with Gasteiger partial charge in [-0.3, -0.25) is 0 Å². The van der Waals surface area contributed by atoms with Crippen LogP contribution in [0, 0.1) is 0 Å². The summed E-state index contributed by atoms with van der Waals surface area (Å²) in [5.74, 6) is -1.13. The Morgan fingerprint density at radius 2 is 2.20 bits per heavy atom. The van der Waals surface area contributed by atoms with Crippen LogP contribution in [-0.2, 0) is 12.1 Å². The number of aromatic carboxylic acids is 1. The highest BCUT2D eigenvalue weighted by Gasteiger charge is 2.21. The van der Waals surface area contributed by atoms with Crippen LogP contribution in [0.5, 0.6) is 0 Å². The molecular formula is C12H15N3O4S. The van der Waals surface area contributed by atoms with E-state index in [1.807, 2.05) is 5.38 Å². The summed E-state index contributed by atoms with van der Waals surface area (Å²) in [5.41, 5.74) is -0.354. The number of hydrogen-bond donors (Lipinski definition) is 2. The van der Waals surface area contributed by atoms with Crippen LogP contribution >= 0.6 is 11.3 Å². The SMILES string of the molecule is CN(Cc1csc(C(C)(C)O)n1)c1nc(C(=O)O)co1. The van der Waals surface area contributed by atoms with E-state index in [0.717, 1.165) is 12.0 Å². The molecular weight excluding hydrogens is 282 g/mol. The first kappa shape index (κ1) is 14.5. The number of oxazole rings is 1. The summed E-state index contributed by atoms with van der Waals surface area (Å²) in [7, 11) is 1.72. The molecule has 2 N–H and O–H groups in total. The van der Waals surface area contributed by atoms with Gasteiger partial charge in [-0.2, -0.15) is 4.98 Å². The normalized spacial score (nSPS) is 11.6. The molecule has 7 nitrogen and oxygen atoms in total. The minimum absolute atomic E-state index is 0.137. The van der Waals surface area contributed by atoms with Gasteiger partial charge in [0.2, 0.25) is 0 Å². The zero-order valence-corrected chi connectivity index (χ0v) is 12.1. The van der Waals surface area contributed by atoms with Crippen LogP contribution in [-0.4, -0.2) is 33.2 Å².